The number of anilines is 2. The quantitative estimate of drug-likeness (QED) is 0.0568. The van der Waals surface area contributed by atoms with Gasteiger partial charge in [0, 0.05) is 54.6 Å². The molecule has 3 N–H and O–H groups in total. The second kappa shape index (κ2) is 27.2. The lowest BCUT2D eigenvalue weighted by Crippen LogP contribution is -2.43. The Hall–Kier alpha value is -6.06. The Bertz CT molecular complexity index is 2360. The number of fused-ring (bicyclic) bond motifs is 2. The zero-order valence-electron chi connectivity index (χ0n) is 39.6. The molecule has 2 heterocycles. The van der Waals surface area contributed by atoms with Crippen molar-refractivity contribution in [2.45, 2.75) is 58.2 Å². The molecule has 0 saturated heterocycles. The number of rotatable bonds is 26. The van der Waals surface area contributed by atoms with Gasteiger partial charge in [-0.15, -0.1) is 0 Å². The number of benzene rings is 4. The number of hydrogen-bond acceptors (Lipinski definition) is 12. The molecule has 69 heavy (non-hydrogen) atoms. The molecule has 4 aromatic carbocycles. The predicted octanol–water partition coefficient (Wildman–Crippen LogP) is 6.67. The molecule has 6 rings (SSSR count). The second-order valence-corrected chi connectivity index (χ2v) is 17.1. The molecule has 1 unspecified atom stereocenters. The number of halogens is 1. The average Bonchev–Trinajstić information content (AvgIpc) is 3.34. The molecular formula is C52H63ClN6O10. The molecule has 3 atom stereocenters. The number of nitrogens with zero attached hydrogens (tertiary/aromatic N) is 3. The third kappa shape index (κ3) is 15.7. The van der Waals surface area contributed by atoms with Crippen LogP contribution in [0.4, 0.5) is 11.4 Å². The minimum absolute atomic E-state index is 0.00320. The Balaban J connectivity index is 0.742. The lowest BCUT2D eigenvalue weighted by molar-refractivity contribution is -0.132. The summed E-state index contributed by atoms with van der Waals surface area (Å²) >= 11 is 6.12. The van der Waals surface area contributed by atoms with Crippen LogP contribution >= 0.6 is 11.6 Å². The van der Waals surface area contributed by atoms with Crippen molar-refractivity contribution in [2.75, 3.05) is 103 Å². The van der Waals surface area contributed by atoms with Crippen LogP contribution in [0.3, 0.4) is 0 Å². The SMILES string of the molecule is CC(=O)N1c2ccc(-c3ccc(C(=O)NCCOCCOCCOCCOCCOCCNC(=O)COc4ccc5c(c4)CCN(C(=O)CC#N)C5C)cc3)cc2[C@H](Nc2ccc(Cl)cc2)C[C@@H]1C. The van der Waals surface area contributed by atoms with E-state index >= 15 is 0 Å². The van der Waals surface area contributed by atoms with Crippen molar-refractivity contribution < 1.29 is 47.6 Å². The third-order valence-corrected chi connectivity index (χ3v) is 12.1. The largest absolute Gasteiger partial charge is 0.484 e. The smallest absolute Gasteiger partial charge is 0.258 e. The van der Waals surface area contributed by atoms with Gasteiger partial charge in [0.1, 0.15) is 12.2 Å². The van der Waals surface area contributed by atoms with Crippen LogP contribution in [0.2, 0.25) is 5.02 Å². The highest BCUT2D eigenvalue weighted by Gasteiger charge is 2.33. The predicted molar refractivity (Wildman–Crippen MR) is 262 cm³/mol. The molecule has 0 aromatic heterocycles. The van der Waals surface area contributed by atoms with Crippen LogP contribution in [-0.2, 0) is 44.5 Å². The zero-order valence-corrected chi connectivity index (χ0v) is 40.4. The summed E-state index contributed by atoms with van der Waals surface area (Å²) in [5.41, 5.74) is 7.44. The summed E-state index contributed by atoms with van der Waals surface area (Å²) in [4.78, 5) is 53.6. The van der Waals surface area contributed by atoms with Gasteiger partial charge in [-0.3, -0.25) is 19.2 Å². The fourth-order valence-corrected chi connectivity index (χ4v) is 8.54. The number of amides is 4. The van der Waals surface area contributed by atoms with E-state index in [1.807, 2.05) is 78.6 Å². The molecule has 17 heteroatoms. The molecule has 4 amide bonds. The third-order valence-electron chi connectivity index (χ3n) is 11.8. The van der Waals surface area contributed by atoms with E-state index in [1.54, 1.807) is 30.0 Å². The first-order valence-corrected chi connectivity index (χ1v) is 23.8. The van der Waals surface area contributed by atoms with Gasteiger partial charge in [0.05, 0.1) is 84.2 Å². The normalized spacial score (nSPS) is 16.2. The van der Waals surface area contributed by atoms with Gasteiger partial charge in [0.2, 0.25) is 11.8 Å². The maximum Gasteiger partial charge on any atom is 0.258 e. The maximum atomic E-state index is 12.9. The molecular weight excluding hydrogens is 904 g/mol. The Morgan fingerprint density at radius 2 is 1.33 bits per heavy atom. The van der Waals surface area contributed by atoms with Crippen molar-refractivity contribution >= 4 is 46.6 Å². The summed E-state index contributed by atoms with van der Waals surface area (Å²) in [5.74, 6) is -0.0289. The van der Waals surface area contributed by atoms with E-state index in [9.17, 15) is 19.2 Å². The summed E-state index contributed by atoms with van der Waals surface area (Å²) in [6, 6.07) is 28.6. The van der Waals surface area contributed by atoms with E-state index in [-0.39, 0.29) is 54.8 Å². The second-order valence-electron chi connectivity index (χ2n) is 16.7. The van der Waals surface area contributed by atoms with E-state index in [4.69, 9.17) is 45.3 Å². The molecule has 0 aliphatic carbocycles. The lowest BCUT2D eigenvalue weighted by Gasteiger charge is -2.39. The minimum Gasteiger partial charge on any atom is -0.484 e. The van der Waals surface area contributed by atoms with Gasteiger partial charge in [-0.2, -0.15) is 5.26 Å². The fraction of sp³-hybridized carbons (Fsp3) is 0.442. The van der Waals surface area contributed by atoms with Gasteiger partial charge >= 0.3 is 0 Å². The molecule has 4 aromatic rings. The molecule has 0 bridgehead atoms. The first-order valence-electron chi connectivity index (χ1n) is 23.4. The van der Waals surface area contributed by atoms with Gasteiger partial charge in [-0.05, 0) is 115 Å². The van der Waals surface area contributed by atoms with Crippen molar-refractivity contribution in [3.8, 4) is 22.9 Å². The molecule has 368 valence electrons. The summed E-state index contributed by atoms with van der Waals surface area (Å²) in [6.45, 7) is 10.6. The van der Waals surface area contributed by atoms with Gasteiger partial charge in [-0.1, -0.05) is 35.9 Å². The van der Waals surface area contributed by atoms with Crippen LogP contribution < -0.4 is 25.6 Å². The van der Waals surface area contributed by atoms with Crippen LogP contribution in [0.25, 0.3) is 11.1 Å². The highest BCUT2D eigenvalue weighted by Crippen LogP contribution is 2.41. The summed E-state index contributed by atoms with van der Waals surface area (Å²) in [7, 11) is 0. The molecule has 0 fully saturated rings. The van der Waals surface area contributed by atoms with E-state index in [0.717, 1.165) is 45.6 Å². The Kier molecular flexibility index (Phi) is 20.6. The van der Waals surface area contributed by atoms with Gasteiger partial charge in [0.15, 0.2) is 6.61 Å². The van der Waals surface area contributed by atoms with Crippen molar-refractivity contribution in [3.05, 3.63) is 112 Å². The fourth-order valence-electron chi connectivity index (χ4n) is 8.41. The van der Waals surface area contributed by atoms with E-state index in [2.05, 4.69) is 28.9 Å². The van der Waals surface area contributed by atoms with Crippen LogP contribution in [0.1, 0.15) is 72.7 Å². The average molecular weight is 968 g/mol. The number of nitriles is 1. The number of hydrogen-bond donors (Lipinski definition) is 3. The van der Waals surface area contributed by atoms with Crippen molar-refractivity contribution in [2.24, 2.45) is 0 Å². The Morgan fingerprint density at radius 3 is 1.96 bits per heavy atom. The monoisotopic (exact) mass is 966 g/mol. The summed E-state index contributed by atoms with van der Waals surface area (Å²) in [6.07, 6.45) is 1.27. The summed E-state index contributed by atoms with van der Waals surface area (Å²) in [5, 5.41) is 18.8. The number of carbonyl (C=O) groups excluding carboxylic acids is 4. The zero-order chi connectivity index (χ0) is 49.0. The highest BCUT2D eigenvalue weighted by atomic mass is 35.5. The van der Waals surface area contributed by atoms with Gasteiger partial charge < -0.3 is 54.2 Å². The molecule has 16 nitrogen and oxygen atoms in total. The number of carbonyl (C=O) groups is 4. The highest BCUT2D eigenvalue weighted by molar-refractivity contribution is 6.30. The van der Waals surface area contributed by atoms with Crippen molar-refractivity contribution in [1.82, 2.24) is 15.5 Å². The van der Waals surface area contributed by atoms with Gasteiger partial charge in [-0.25, -0.2) is 0 Å². The molecule has 0 spiro atoms. The molecule has 0 radical (unpaired) electrons. The molecule has 0 saturated carbocycles. The number of ether oxygens (including phenoxy) is 6. The van der Waals surface area contributed by atoms with E-state index in [1.165, 1.54) is 0 Å². The van der Waals surface area contributed by atoms with Crippen LogP contribution in [0.15, 0.2) is 84.9 Å². The first kappa shape index (κ1) is 52.3. The van der Waals surface area contributed by atoms with Crippen molar-refractivity contribution in [1.29, 1.82) is 5.26 Å². The minimum atomic E-state index is -0.258. The lowest BCUT2D eigenvalue weighted by atomic mass is 9.88. The standard InChI is InChI=1S/C52H63ClN6O10/c1-36-32-48(57-44-11-9-43(53)10-12-44)47-34-41(8-15-49(47)59(36)38(3)60)39-4-6-40(7-5-39)52(63)56-20-23-65-25-27-67-29-31-68-30-28-66-26-24-64-22-19-55-50(61)35-69-45-13-14-46-37(2)58(51(62)16-18-54)21-17-42(46)33-45/h4-15,33-34,36-37,48,57H,16-17,19-32,35H2,1-3H3,(H,55,61)(H,56,63)/t36-,37?,48+/m0/s1. The van der Waals surface area contributed by atoms with E-state index < -0.39 is 0 Å². The maximum absolute atomic E-state index is 12.9. The van der Waals surface area contributed by atoms with E-state index in [0.29, 0.717) is 108 Å². The number of nitrogens with one attached hydrogen (secondary N) is 3. The summed E-state index contributed by atoms with van der Waals surface area (Å²) < 4.78 is 33.5. The molecule has 2 aliphatic rings. The topological polar surface area (TPSA) is 190 Å². The Labute approximate surface area is 409 Å². The molecule has 2 aliphatic heterocycles. The Morgan fingerprint density at radius 1 is 0.725 bits per heavy atom. The van der Waals surface area contributed by atoms with Gasteiger partial charge in [0.25, 0.3) is 11.8 Å². The first-order chi connectivity index (χ1) is 33.5. The van der Waals surface area contributed by atoms with Crippen molar-refractivity contribution in [3.63, 3.8) is 0 Å². The van der Waals surface area contributed by atoms with Crippen LogP contribution in [0, 0.1) is 11.3 Å². The van der Waals surface area contributed by atoms with Crippen LogP contribution in [-0.4, -0.2) is 127 Å². The van der Waals surface area contributed by atoms with Crippen LogP contribution in [0.5, 0.6) is 5.75 Å².